The Kier molecular flexibility index (Phi) is 5.53. The molecule has 15 heavy (non-hydrogen) atoms. The first kappa shape index (κ1) is 12.9. The number of hydrogen-bond donors (Lipinski definition) is 1. The fourth-order valence-electron chi connectivity index (χ4n) is 2.20. The molecule has 0 bridgehead atoms. The zero-order valence-electron chi connectivity index (χ0n) is 10.00. The maximum atomic E-state index is 5.94. The van der Waals surface area contributed by atoms with Crippen molar-refractivity contribution in [3.8, 4) is 0 Å². The molecule has 0 saturated carbocycles. The first-order valence-electron chi connectivity index (χ1n) is 5.73. The molecular weight excluding hydrogens is 192 g/mol. The number of methoxy groups -OCH3 is 1. The lowest BCUT2D eigenvalue weighted by Crippen LogP contribution is -2.53. The number of hydrogen-bond acceptors (Lipinski definition) is 4. The summed E-state index contributed by atoms with van der Waals surface area (Å²) in [5.41, 5.74) is 6.06. The van der Waals surface area contributed by atoms with Gasteiger partial charge < -0.3 is 15.2 Å². The van der Waals surface area contributed by atoms with E-state index in [1.165, 1.54) is 0 Å². The van der Waals surface area contributed by atoms with Gasteiger partial charge in [0.25, 0.3) is 0 Å². The molecule has 4 heteroatoms. The minimum absolute atomic E-state index is 0.120. The van der Waals surface area contributed by atoms with E-state index >= 15 is 0 Å². The molecule has 2 N–H and O–H groups in total. The van der Waals surface area contributed by atoms with Crippen LogP contribution in [0, 0.1) is 0 Å². The lowest BCUT2D eigenvalue weighted by Gasteiger charge is -2.40. The van der Waals surface area contributed by atoms with Crippen molar-refractivity contribution in [2.24, 2.45) is 5.73 Å². The summed E-state index contributed by atoms with van der Waals surface area (Å²) >= 11 is 0. The second-order valence-electron chi connectivity index (χ2n) is 4.31. The molecule has 0 aromatic carbocycles. The molecule has 1 aliphatic heterocycles. The fraction of sp³-hybridized carbons (Fsp3) is 1.00. The maximum absolute atomic E-state index is 5.94. The Morgan fingerprint density at radius 3 is 2.87 bits per heavy atom. The first-order chi connectivity index (χ1) is 7.25. The molecule has 4 nitrogen and oxygen atoms in total. The van der Waals surface area contributed by atoms with Gasteiger partial charge in [-0.05, 0) is 26.3 Å². The van der Waals surface area contributed by atoms with Gasteiger partial charge in [-0.15, -0.1) is 0 Å². The van der Waals surface area contributed by atoms with Crippen LogP contribution in [0.2, 0.25) is 0 Å². The smallest absolute Gasteiger partial charge is 0.0589 e. The second-order valence-corrected chi connectivity index (χ2v) is 4.31. The number of nitrogens with zero attached hydrogens (tertiary/aromatic N) is 1. The minimum Gasteiger partial charge on any atom is -0.383 e. The molecule has 0 aromatic heterocycles. The second kappa shape index (κ2) is 6.43. The molecule has 0 aromatic rings. The minimum atomic E-state index is 0.120. The molecule has 0 radical (unpaired) electrons. The van der Waals surface area contributed by atoms with Gasteiger partial charge in [0.1, 0.15) is 0 Å². The van der Waals surface area contributed by atoms with E-state index in [1.54, 1.807) is 7.11 Å². The molecule has 90 valence electrons. The summed E-state index contributed by atoms with van der Waals surface area (Å²) in [4.78, 5) is 2.34. The van der Waals surface area contributed by atoms with Crippen LogP contribution in [-0.4, -0.2) is 57.5 Å². The monoisotopic (exact) mass is 216 g/mol. The van der Waals surface area contributed by atoms with Gasteiger partial charge >= 0.3 is 0 Å². The van der Waals surface area contributed by atoms with Gasteiger partial charge in [-0.3, -0.25) is 4.90 Å². The van der Waals surface area contributed by atoms with E-state index in [0.717, 1.165) is 45.6 Å². The molecule has 1 aliphatic rings. The van der Waals surface area contributed by atoms with Crippen LogP contribution in [0.25, 0.3) is 0 Å². The van der Waals surface area contributed by atoms with Gasteiger partial charge in [-0.2, -0.15) is 0 Å². The molecule has 1 atom stereocenters. The highest BCUT2D eigenvalue weighted by Gasteiger charge is 2.33. The summed E-state index contributed by atoms with van der Waals surface area (Å²) in [5, 5.41) is 0. The zero-order valence-corrected chi connectivity index (χ0v) is 10.00. The predicted molar refractivity (Wildman–Crippen MR) is 61.0 cm³/mol. The van der Waals surface area contributed by atoms with Crippen LogP contribution in [0.3, 0.4) is 0 Å². The van der Waals surface area contributed by atoms with Crippen LogP contribution in [0.5, 0.6) is 0 Å². The van der Waals surface area contributed by atoms with Crippen LogP contribution in [-0.2, 0) is 9.47 Å². The van der Waals surface area contributed by atoms with E-state index in [2.05, 4.69) is 11.9 Å². The number of ether oxygens (including phenoxy) is 2. The van der Waals surface area contributed by atoms with Crippen molar-refractivity contribution in [3.05, 3.63) is 0 Å². The summed E-state index contributed by atoms with van der Waals surface area (Å²) in [5.74, 6) is 0. The third-order valence-electron chi connectivity index (χ3n) is 3.46. The Morgan fingerprint density at radius 2 is 2.20 bits per heavy atom. The topological polar surface area (TPSA) is 47.7 Å². The number of likely N-dealkylation sites (N-methyl/N-ethyl adjacent to an activating group) is 1. The van der Waals surface area contributed by atoms with Gasteiger partial charge in [0.05, 0.1) is 6.61 Å². The lowest BCUT2D eigenvalue weighted by atomic mass is 9.89. The van der Waals surface area contributed by atoms with E-state index in [0.29, 0.717) is 6.54 Å². The fourth-order valence-corrected chi connectivity index (χ4v) is 2.20. The molecule has 1 saturated heterocycles. The highest BCUT2D eigenvalue weighted by Crippen LogP contribution is 2.25. The quantitative estimate of drug-likeness (QED) is 0.725. The zero-order chi connectivity index (χ0) is 11.1. The standard InChI is InChI=1S/C11H24N2O2/c1-13(6-9-14-2)11(10-12)4-3-7-15-8-5-11/h3-10,12H2,1-2H3. The van der Waals surface area contributed by atoms with Gasteiger partial charge in [-0.25, -0.2) is 0 Å². The number of rotatable bonds is 5. The Bertz CT molecular complexity index is 168. The largest absolute Gasteiger partial charge is 0.383 e. The molecule has 1 rings (SSSR count). The van der Waals surface area contributed by atoms with Crippen molar-refractivity contribution in [2.45, 2.75) is 24.8 Å². The normalized spacial score (nSPS) is 28.0. The molecule has 1 fully saturated rings. The van der Waals surface area contributed by atoms with Crippen molar-refractivity contribution >= 4 is 0 Å². The van der Waals surface area contributed by atoms with Crippen molar-refractivity contribution in [3.63, 3.8) is 0 Å². The van der Waals surface area contributed by atoms with Gasteiger partial charge in [0.15, 0.2) is 0 Å². The van der Waals surface area contributed by atoms with Crippen LogP contribution in [0.4, 0.5) is 0 Å². The third kappa shape index (κ3) is 3.41. The van der Waals surface area contributed by atoms with Gasteiger partial charge in [-0.1, -0.05) is 0 Å². The predicted octanol–water partition coefficient (Wildman–Crippen LogP) is 0.463. The average molecular weight is 216 g/mol. The summed E-state index contributed by atoms with van der Waals surface area (Å²) in [7, 11) is 3.87. The lowest BCUT2D eigenvalue weighted by molar-refractivity contribution is 0.0635. The van der Waals surface area contributed by atoms with Crippen LogP contribution >= 0.6 is 0 Å². The van der Waals surface area contributed by atoms with Crippen molar-refractivity contribution in [1.82, 2.24) is 4.90 Å². The molecule has 1 unspecified atom stereocenters. The van der Waals surface area contributed by atoms with E-state index in [-0.39, 0.29) is 5.54 Å². The van der Waals surface area contributed by atoms with Crippen LogP contribution in [0.1, 0.15) is 19.3 Å². The van der Waals surface area contributed by atoms with E-state index in [1.807, 2.05) is 0 Å². The Morgan fingerprint density at radius 1 is 1.40 bits per heavy atom. The Labute approximate surface area is 92.7 Å². The van der Waals surface area contributed by atoms with E-state index in [9.17, 15) is 0 Å². The van der Waals surface area contributed by atoms with Crippen molar-refractivity contribution in [1.29, 1.82) is 0 Å². The average Bonchev–Trinajstić information content (AvgIpc) is 2.52. The Hall–Kier alpha value is -0.160. The van der Waals surface area contributed by atoms with Crippen molar-refractivity contribution < 1.29 is 9.47 Å². The summed E-state index contributed by atoms with van der Waals surface area (Å²) in [6.45, 7) is 4.11. The first-order valence-corrected chi connectivity index (χ1v) is 5.73. The van der Waals surface area contributed by atoms with Crippen molar-refractivity contribution in [2.75, 3.05) is 47.1 Å². The molecule has 0 spiro atoms. The van der Waals surface area contributed by atoms with E-state index in [4.69, 9.17) is 15.2 Å². The van der Waals surface area contributed by atoms with Crippen LogP contribution in [0.15, 0.2) is 0 Å². The number of nitrogens with two attached hydrogens (primary N) is 1. The summed E-state index contributed by atoms with van der Waals surface area (Å²) in [6, 6.07) is 0. The molecule has 0 amide bonds. The van der Waals surface area contributed by atoms with Gasteiger partial charge in [0, 0.05) is 39.0 Å². The SMILES string of the molecule is COCCN(C)C1(CN)CCCOCC1. The van der Waals surface area contributed by atoms with E-state index < -0.39 is 0 Å². The Balaban J connectivity index is 2.55. The molecule has 0 aliphatic carbocycles. The molecule has 1 heterocycles. The maximum Gasteiger partial charge on any atom is 0.0589 e. The summed E-state index contributed by atoms with van der Waals surface area (Å²) < 4.78 is 10.6. The highest BCUT2D eigenvalue weighted by molar-refractivity contribution is 4.91. The van der Waals surface area contributed by atoms with Gasteiger partial charge in [0.2, 0.25) is 0 Å². The van der Waals surface area contributed by atoms with Crippen LogP contribution < -0.4 is 5.73 Å². The molecular formula is C11H24N2O2. The summed E-state index contributed by atoms with van der Waals surface area (Å²) in [6.07, 6.45) is 3.27. The third-order valence-corrected chi connectivity index (χ3v) is 3.46. The highest BCUT2D eigenvalue weighted by atomic mass is 16.5.